The van der Waals surface area contributed by atoms with Gasteiger partial charge in [0.25, 0.3) is 0 Å². The number of unbranched alkanes of at least 4 members (excludes halogenated alkanes) is 2. The van der Waals surface area contributed by atoms with Gasteiger partial charge in [-0.3, -0.25) is 0 Å². The van der Waals surface area contributed by atoms with E-state index < -0.39 is 23.7 Å². The van der Waals surface area contributed by atoms with E-state index in [-0.39, 0.29) is 22.4 Å². The zero-order valence-corrected chi connectivity index (χ0v) is 21.3. The average Bonchev–Trinajstić information content (AvgIpc) is 2.89. The first-order valence-corrected chi connectivity index (χ1v) is 13.2. The molecule has 1 aliphatic rings. The van der Waals surface area contributed by atoms with Crippen LogP contribution in [-0.4, -0.2) is 0 Å². The molecule has 0 atom stereocenters. The van der Waals surface area contributed by atoms with Crippen molar-refractivity contribution in [3.8, 4) is 16.9 Å². The van der Waals surface area contributed by atoms with Crippen molar-refractivity contribution in [1.29, 1.82) is 0 Å². The SMILES string of the molecule is CCCCC[C@H]1CC[C@H](c2ccc(C(F)(F)Oc3ccccc3-c3ccc(C(F)(F)F)c(F)c3)cc2)CC1. The third kappa shape index (κ3) is 6.72. The van der Waals surface area contributed by atoms with E-state index in [0.717, 1.165) is 43.2 Å². The van der Waals surface area contributed by atoms with Gasteiger partial charge in [-0.05, 0) is 79.0 Å². The fourth-order valence-electron chi connectivity index (χ4n) is 5.32. The molecular weight excluding hydrogens is 502 g/mol. The van der Waals surface area contributed by atoms with E-state index in [2.05, 4.69) is 6.92 Å². The van der Waals surface area contributed by atoms with E-state index in [1.807, 2.05) is 0 Å². The van der Waals surface area contributed by atoms with Crippen molar-refractivity contribution in [2.75, 3.05) is 0 Å². The van der Waals surface area contributed by atoms with Gasteiger partial charge in [-0.1, -0.05) is 69.0 Å². The number of alkyl halides is 5. The van der Waals surface area contributed by atoms with E-state index in [9.17, 15) is 17.6 Å². The molecule has 4 rings (SSSR count). The van der Waals surface area contributed by atoms with Crippen LogP contribution in [0.25, 0.3) is 11.1 Å². The minimum absolute atomic E-state index is 0.00236. The molecule has 0 saturated heterocycles. The van der Waals surface area contributed by atoms with E-state index in [1.165, 1.54) is 62.1 Å². The second-order valence-electron chi connectivity index (χ2n) is 10.1. The molecule has 7 heteroatoms. The van der Waals surface area contributed by atoms with Crippen LogP contribution in [0, 0.1) is 11.7 Å². The van der Waals surface area contributed by atoms with Crippen molar-refractivity contribution >= 4 is 0 Å². The van der Waals surface area contributed by atoms with Crippen LogP contribution in [0.15, 0.2) is 66.7 Å². The normalized spacial score (nSPS) is 18.4. The first-order valence-electron chi connectivity index (χ1n) is 13.2. The van der Waals surface area contributed by atoms with Crippen molar-refractivity contribution in [2.24, 2.45) is 5.92 Å². The summed E-state index contributed by atoms with van der Waals surface area (Å²) in [5.74, 6) is -0.631. The fraction of sp³-hybridized carbons (Fsp3) is 0.419. The molecule has 1 fully saturated rings. The van der Waals surface area contributed by atoms with Gasteiger partial charge in [0.15, 0.2) is 0 Å². The molecule has 0 unspecified atom stereocenters. The van der Waals surface area contributed by atoms with Gasteiger partial charge in [-0.25, -0.2) is 4.39 Å². The molecule has 0 N–H and O–H groups in total. The zero-order chi connectivity index (χ0) is 27.3. The lowest BCUT2D eigenvalue weighted by atomic mass is 9.77. The van der Waals surface area contributed by atoms with Crippen molar-refractivity contribution < 1.29 is 31.1 Å². The lowest BCUT2D eigenvalue weighted by molar-refractivity contribution is -0.185. The molecule has 0 heterocycles. The summed E-state index contributed by atoms with van der Waals surface area (Å²) in [5, 5.41) is 0. The van der Waals surface area contributed by atoms with Crippen LogP contribution in [-0.2, 0) is 12.3 Å². The van der Waals surface area contributed by atoms with E-state index in [4.69, 9.17) is 4.74 Å². The largest absolute Gasteiger partial charge is 0.428 e. The first-order chi connectivity index (χ1) is 18.1. The molecular formula is C31H32F6O. The highest BCUT2D eigenvalue weighted by atomic mass is 19.4. The van der Waals surface area contributed by atoms with Crippen molar-refractivity contribution in [3.63, 3.8) is 0 Å². The summed E-state index contributed by atoms with van der Waals surface area (Å²) < 4.78 is 88.3. The molecule has 3 aromatic rings. The Kier molecular flexibility index (Phi) is 8.74. The molecule has 1 saturated carbocycles. The molecule has 1 aliphatic carbocycles. The summed E-state index contributed by atoms with van der Waals surface area (Å²) in [5.41, 5.74) is -0.648. The minimum Gasteiger partial charge on any atom is -0.428 e. The van der Waals surface area contributed by atoms with Crippen LogP contribution < -0.4 is 4.74 Å². The Balaban J connectivity index is 1.46. The van der Waals surface area contributed by atoms with Gasteiger partial charge >= 0.3 is 12.3 Å². The fourth-order valence-corrected chi connectivity index (χ4v) is 5.32. The van der Waals surface area contributed by atoms with Crippen LogP contribution in [0.3, 0.4) is 0 Å². The second kappa shape index (κ2) is 11.8. The molecule has 38 heavy (non-hydrogen) atoms. The third-order valence-corrected chi connectivity index (χ3v) is 7.49. The maximum Gasteiger partial charge on any atom is 0.426 e. The predicted molar refractivity (Wildman–Crippen MR) is 137 cm³/mol. The number of para-hydroxylation sites is 1. The molecule has 0 bridgehead atoms. The highest BCUT2D eigenvalue weighted by molar-refractivity contribution is 5.70. The number of benzene rings is 3. The van der Waals surface area contributed by atoms with Gasteiger partial charge in [0.1, 0.15) is 11.6 Å². The van der Waals surface area contributed by atoms with Crippen LogP contribution in [0.1, 0.15) is 80.9 Å². The Morgan fingerprint density at radius 2 is 1.50 bits per heavy atom. The Morgan fingerprint density at radius 1 is 0.816 bits per heavy atom. The van der Waals surface area contributed by atoms with Crippen molar-refractivity contribution in [1.82, 2.24) is 0 Å². The van der Waals surface area contributed by atoms with Gasteiger partial charge in [0, 0.05) is 5.56 Å². The van der Waals surface area contributed by atoms with Gasteiger partial charge in [-0.15, -0.1) is 0 Å². The number of hydrogen-bond acceptors (Lipinski definition) is 1. The minimum atomic E-state index is -4.86. The maximum atomic E-state index is 15.2. The van der Waals surface area contributed by atoms with E-state index in [1.54, 1.807) is 12.1 Å². The quantitative estimate of drug-likeness (QED) is 0.196. The summed E-state index contributed by atoms with van der Waals surface area (Å²) in [6.45, 7) is 2.20. The molecule has 0 radical (unpaired) electrons. The molecule has 1 nitrogen and oxygen atoms in total. The highest BCUT2D eigenvalue weighted by Crippen LogP contribution is 2.41. The summed E-state index contributed by atoms with van der Waals surface area (Å²) in [6.07, 6.45) is 0.907. The van der Waals surface area contributed by atoms with E-state index >= 15 is 8.78 Å². The highest BCUT2D eigenvalue weighted by Gasteiger charge is 2.36. The molecule has 0 aromatic heterocycles. The second-order valence-corrected chi connectivity index (χ2v) is 10.1. The summed E-state index contributed by atoms with van der Waals surface area (Å²) in [4.78, 5) is 0. The maximum absolute atomic E-state index is 15.2. The number of ether oxygens (including phenoxy) is 1. The molecule has 0 amide bonds. The van der Waals surface area contributed by atoms with Crippen molar-refractivity contribution in [3.05, 3.63) is 89.2 Å². The van der Waals surface area contributed by atoms with Gasteiger partial charge in [-0.2, -0.15) is 22.0 Å². The standard InChI is InChI=1S/C31H32F6O/c1-2-3-4-7-21-10-12-22(13-11-21)23-14-17-25(18-15-23)31(36,37)38-29-9-6-5-8-26(29)24-16-19-27(28(32)20-24)30(33,34)35/h5-6,8-9,14-22H,2-4,7,10-13H2,1H3/t21-,22-. The summed E-state index contributed by atoms with van der Waals surface area (Å²) in [6, 6.07) is 14.2. The molecule has 0 spiro atoms. The smallest absolute Gasteiger partial charge is 0.426 e. The summed E-state index contributed by atoms with van der Waals surface area (Å²) in [7, 11) is 0. The number of rotatable bonds is 9. The van der Waals surface area contributed by atoms with Gasteiger partial charge in [0.2, 0.25) is 0 Å². The lowest BCUT2D eigenvalue weighted by Crippen LogP contribution is -2.22. The number of halogens is 6. The Labute approximate surface area is 219 Å². The van der Waals surface area contributed by atoms with E-state index in [0.29, 0.717) is 18.1 Å². The van der Waals surface area contributed by atoms with Crippen LogP contribution in [0.2, 0.25) is 0 Å². The van der Waals surface area contributed by atoms with Gasteiger partial charge in [0.05, 0.1) is 11.1 Å². The summed E-state index contributed by atoms with van der Waals surface area (Å²) >= 11 is 0. The topological polar surface area (TPSA) is 9.23 Å². The third-order valence-electron chi connectivity index (χ3n) is 7.49. The molecule has 0 aliphatic heterocycles. The first kappa shape index (κ1) is 28.1. The van der Waals surface area contributed by atoms with Crippen molar-refractivity contribution in [2.45, 2.75) is 76.5 Å². The average molecular weight is 535 g/mol. The monoisotopic (exact) mass is 534 g/mol. The Morgan fingerprint density at radius 3 is 2.13 bits per heavy atom. The van der Waals surface area contributed by atoms with Crippen LogP contribution >= 0.6 is 0 Å². The zero-order valence-electron chi connectivity index (χ0n) is 21.3. The van der Waals surface area contributed by atoms with Crippen LogP contribution in [0.5, 0.6) is 5.75 Å². The molecule has 3 aromatic carbocycles. The van der Waals surface area contributed by atoms with Gasteiger partial charge < -0.3 is 4.74 Å². The Bertz CT molecular complexity index is 1190. The lowest BCUT2D eigenvalue weighted by Gasteiger charge is -2.29. The Hall–Kier alpha value is -2.96. The predicted octanol–water partition coefficient (Wildman–Crippen LogP) is 10.5. The number of hydrogen-bond donors (Lipinski definition) is 0. The van der Waals surface area contributed by atoms with Crippen LogP contribution in [0.4, 0.5) is 26.3 Å². The molecule has 204 valence electrons.